The molecule has 54 heavy (non-hydrogen) atoms. The van der Waals surface area contributed by atoms with Crippen LogP contribution in [0.3, 0.4) is 0 Å². The molecule has 13 nitrogen and oxygen atoms in total. The lowest BCUT2D eigenvalue weighted by molar-refractivity contribution is -0.188. The number of pyridine rings is 1. The molecule has 0 spiro atoms. The normalized spacial score (nSPS) is 18.2. The number of hydrogen-bond acceptors (Lipinski definition) is 9. The SMILES string of the molecule is COOC=N[C@@H](C(=O)N1CCC[C@H]1c1nc2ncc(-c3ccc(CC4CCCN4C(=O)[C@H](NC(=O)OC)c4ccccc4)cc3)cc2[nH]1)c1ccccc1. The molecule has 3 amide bonds. The smallest absolute Gasteiger partial charge is 0.407 e. The number of aliphatic imine (C=N–C) groups is 1. The third-order valence-electron chi connectivity index (χ3n) is 10.2. The number of nitrogens with zero attached hydrogens (tertiary/aromatic N) is 5. The minimum atomic E-state index is -0.828. The first-order valence-corrected chi connectivity index (χ1v) is 18.1. The molecule has 5 aromatic rings. The number of carbonyl (C=O) groups excluding carboxylic acids is 3. The Morgan fingerprint density at radius 3 is 2.31 bits per heavy atom. The Morgan fingerprint density at radius 1 is 0.889 bits per heavy atom. The molecule has 0 radical (unpaired) electrons. The maximum absolute atomic E-state index is 13.9. The van der Waals surface area contributed by atoms with Crippen LogP contribution in [0.2, 0.25) is 0 Å². The van der Waals surface area contributed by atoms with Crippen LogP contribution >= 0.6 is 0 Å². The summed E-state index contributed by atoms with van der Waals surface area (Å²) in [6.45, 7) is 1.21. The van der Waals surface area contributed by atoms with Crippen molar-refractivity contribution in [2.24, 2.45) is 4.99 Å². The molecule has 2 aromatic heterocycles. The van der Waals surface area contributed by atoms with Crippen molar-refractivity contribution in [3.8, 4) is 11.1 Å². The molecule has 3 aromatic carbocycles. The summed E-state index contributed by atoms with van der Waals surface area (Å²) in [5, 5.41) is 2.73. The maximum Gasteiger partial charge on any atom is 0.407 e. The van der Waals surface area contributed by atoms with Crippen LogP contribution < -0.4 is 5.32 Å². The number of imidazole rings is 1. The van der Waals surface area contributed by atoms with Gasteiger partial charge in [-0.2, -0.15) is 4.89 Å². The molecule has 7 rings (SSSR count). The Labute approximate surface area is 313 Å². The Bertz CT molecular complexity index is 2090. The molecule has 0 aliphatic carbocycles. The molecule has 2 aliphatic heterocycles. The number of methoxy groups -OCH3 is 1. The Balaban J connectivity index is 1.05. The van der Waals surface area contributed by atoms with Crippen LogP contribution in [0, 0.1) is 0 Å². The van der Waals surface area contributed by atoms with E-state index in [9.17, 15) is 14.4 Å². The van der Waals surface area contributed by atoms with Gasteiger partial charge in [0.15, 0.2) is 11.7 Å². The zero-order valence-electron chi connectivity index (χ0n) is 30.3. The molecule has 4 atom stereocenters. The van der Waals surface area contributed by atoms with Crippen LogP contribution in [-0.2, 0) is 30.5 Å². The maximum atomic E-state index is 13.9. The topological polar surface area (TPSA) is 151 Å². The number of aromatic amines is 1. The number of carbonyl (C=O) groups is 3. The fourth-order valence-corrected chi connectivity index (χ4v) is 7.48. The summed E-state index contributed by atoms with van der Waals surface area (Å²) >= 11 is 0. The number of amides is 3. The highest BCUT2D eigenvalue weighted by atomic mass is 17.2. The third-order valence-corrected chi connectivity index (χ3v) is 10.2. The second-order valence-electron chi connectivity index (χ2n) is 13.4. The quantitative estimate of drug-likeness (QED) is 0.0661. The van der Waals surface area contributed by atoms with Crippen molar-refractivity contribution in [2.75, 3.05) is 27.3 Å². The van der Waals surface area contributed by atoms with Crippen molar-refractivity contribution < 1.29 is 28.9 Å². The highest BCUT2D eigenvalue weighted by Crippen LogP contribution is 2.35. The van der Waals surface area contributed by atoms with Gasteiger partial charge in [0.1, 0.15) is 11.9 Å². The number of nitrogens with one attached hydrogen (secondary N) is 2. The van der Waals surface area contributed by atoms with Gasteiger partial charge in [0.05, 0.1) is 25.8 Å². The van der Waals surface area contributed by atoms with Gasteiger partial charge in [0.2, 0.25) is 12.3 Å². The predicted octanol–water partition coefficient (Wildman–Crippen LogP) is 6.27. The van der Waals surface area contributed by atoms with E-state index in [1.807, 2.05) is 82.7 Å². The summed E-state index contributed by atoms with van der Waals surface area (Å²) in [6.07, 6.45) is 6.38. The van der Waals surface area contributed by atoms with Gasteiger partial charge in [-0.05, 0) is 60.4 Å². The van der Waals surface area contributed by atoms with Gasteiger partial charge >= 0.3 is 6.09 Å². The standard InChI is InChI=1S/C41H43N7O6/c1-52-41(51)45-36(30-13-7-4-8-14-30)40(50)47-21-9-15-32(47)23-27-17-19-28(20-18-27)31-24-33-37(42-25-31)46-38(44-33)34-16-10-22-48(34)39(49)35(43-26-54-53-2)29-11-5-3-6-12-29/h3-8,11-14,17-20,24-26,32,34-36H,9-10,15-16,21-23H2,1-2H3,(H,45,51)(H,42,44,46)/t32?,34-,35+,36+/m0/s1. The van der Waals surface area contributed by atoms with Gasteiger partial charge in [0.25, 0.3) is 5.91 Å². The van der Waals surface area contributed by atoms with E-state index in [0.717, 1.165) is 59.9 Å². The Hall–Kier alpha value is -6.08. The molecule has 13 heteroatoms. The number of alkyl carbamates (subject to hydrolysis) is 1. The van der Waals surface area contributed by atoms with E-state index in [2.05, 4.69) is 49.4 Å². The van der Waals surface area contributed by atoms with Crippen molar-refractivity contribution in [1.29, 1.82) is 0 Å². The summed E-state index contributed by atoms with van der Waals surface area (Å²) in [4.78, 5) is 70.5. The summed E-state index contributed by atoms with van der Waals surface area (Å²) < 4.78 is 4.83. The Morgan fingerprint density at radius 2 is 1.59 bits per heavy atom. The van der Waals surface area contributed by atoms with E-state index in [1.54, 1.807) is 0 Å². The third kappa shape index (κ3) is 7.96. The van der Waals surface area contributed by atoms with E-state index < -0.39 is 18.2 Å². The van der Waals surface area contributed by atoms with Crippen molar-refractivity contribution in [1.82, 2.24) is 30.1 Å². The average molecular weight is 730 g/mol. The highest BCUT2D eigenvalue weighted by molar-refractivity contribution is 5.87. The van der Waals surface area contributed by atoms with Crippen molar-refractivity contribution >= 4 is 35.5 Å². The molecule has 2 saturated heterocycles. The minimum Gasteiger partial charge on any atom is -0.453 e. The molecular formula is C41H43N7O6. The number of fused-ring (bicyclic) bond motifs is 1. The number of likely N-dealkylation sites (tertiary alicyclic amines) is 2. The van der Waals surface area contributed by atoms with Crippen LogP contribution in [0.1, 0.15) is 66.3 Å². The number of benzene rings is 3. The lowest BCUT2D eigenvalue weighted by Crippen LogP contribution is -2.45. The zero-order chi connectivity index (χ0) is 37.4. The van der Waals surface area contributed by atoms with Gasteiger partial charge in [-0.1, -0.05) is 84.9 Å². The molecule has 278 valence electrons. The molecule has 1 unspecified atom stereocenters. The number of rotatable bonds is 12. The van der Waals surface area contributed by atoms with Crippen LogP contribution in [0.25, 0.3) is 22.3 Å². The van der Waals surface area contributed by atoms with Gasteiger partial charge in [-0.25, -0.2) is 19.8 Å². The van der Waals surface area contributed by atoms with Crippen molar-refractivity contribution in [2.45, 2.75) is 56.3 Å². The summed E-state index contributed by atoms with van der Waals surface area (Å²) in [7, 11) is 2.67. The zero-order valence-corrected chi connectivity index (χ0v) is 30.3. The molecule has 2 fully saturated rings. The second-order valence-corrected chi connectivity index (χ2v) is 13.4. The summed E-state index contributed by atoms with van der Waals surface area (Å²) in [5.74, 6) is 0.398. The molecule has 2 aliphatic rings. The predicted molar refractivity (Wildman–Crippen MR) is 202 cm³/mol. The van der Waals surface area contributed by atoms with E-state index in [-0.39, 0.29) is 23.9 Å². The lowest BCUT2D eigenvalue weighted by atomic mass is 9.99. The first-order valence-electron chi connectivity index (χ1n) is 18.1. The first kappa shape index (κ1) is 36.3. The van der Waals surface area contributed by atoms with E-state index in [1.165, 1.54) is 14.2 Å². The lowest BCUT2D eigenvalue weighted by Gasteiger charge is -2.29. The summed E-state index contributed by atoms with van der Waals surface area (Å²) in [6, 6.07) is 27.1. The van der Waals surface area contributed by atoms with Gasteiger partial charge < -0.3 is 29.7 Å². The number of ether oxygens (including phenoxy) is 1. The van der Waals surface area contributed by atoms with Gasteiger partial charge in [0, 0.05) is 30.9 Å². The monoisotopic (exact) mass is 729 g/mol. The fourth-order valence-electron chi connectivity index (χ4n) is 7.48. The van der Waals surface area contributed by atoms with E-state index >= 15 is 0 Å². The van der Waals surface area contributed by atoms with Crippen LogP contribution in [-0.4, -0.2) is 82.4 Å². The Kier molecular flexibility index (Phi) is 11.2. The van der Waals surface area contributed by atoms with Crippen molar-refractivity contribution in [3.05, 3.63) is 120 Å². The molecule has 4 heterocycles. The number of aromatic nitrogens is 3. The summed E-state index contributed by atoms with van der Waals surface area (Å²) in [5.41, 5.74) is 5.86. The second kappa shape index (κ2) is 16.7. The van der Waals surface area contributed by atoms with Gasteiger partial charge in [-0.3, -0.25) is 9.59 Å². The number of H-pyrrole nitrogens is 1. The van der Waals surface area contributed by atoms with Gasteiger partial charge in [-0.15, -0.1) is 0 Å². The fraction of sp³-hybridized carbons (Fsp3) is 0.317. The molecule has 0 saturated carbocycles. The molecule has 2 N–H and O–H groups in total. The van der Waals surface area contributed by atoms with E-state index in [4.69, 9.17) is 14.6 Å². The van der Waals surface area contributed by atoms with E-state index in [0.29, 0.717) is 36.5 Å². The molecular weight excluding hydrogens is 686 g/mol. The largest absolute Gasteiger partial charge is 0.453 e. The average Bonchev–Trinajstić information content (AvgIpc) is 3.99. The van der Waals surface area contributed by atoms with Crippen molar-refractivity contribution in [3.63, 3.8) is 0 Å². The number of hydrogen-bond donors (Lipinski definition) is 2. The molecule has 0 bridgehead atoms. The van der Waals surface area contributed by atoms with Crippen LogP contribution in [0.4, 0.5) is 4.79 Å². The van der Waals surface area contributed by atoms with Crippen LogP contribution in [0.5, 0.6) is 0 Å². The van der Waals surface area contributed by atoms with Crippen LogP contribution in [0.15, 0.2) is 102 Å². The highest BCUT2D eigenvalue weighted by Gasteiger charge is 2.37. The minimum absolute atomic E-state index is 0.00550. The first-order chi connectivity index (χ1) is 26.4.